The summed E-state index contributed by atoms with van der Waals surface area (Å²) < 4.78 is 0. The second-order valence-electron chi connectivity index (χ2n) is 15.0. The third kappa shape index (κ3) is 4.48. The molecule has 5 aromatic carbocycles. The average Bonchev–Trinajstić information content (AvgIpc) is 3.47. The molecule has 4 heterocycles. The zero-order valence-electron chi connectivity index (χ0n) is 29.0. The Bertz CT molecular complexity index is 1880. The van der Waals surface area contributed by atoms with Crippen molar-refractivity contribution in [1.82, 2.24) is 0 Å². The van der Waals surface area contributed by atoms with Crippen LogP contribution in [0, 0.1) is 0 Å². The van der Waals surface area contributed by atoms with Crippen LogP contribution in [-0.4, -0.2) is 19.8 Å². The van der Waals surface area contributed by atoms with Crippen LogP contribution in [0.4, 0.5) is 39.8 Å². The van der Waals surface area contributed by atoms with Crippen molar-refractivity contribution in [1.29, 1.82) is 0 Å². The molecule has 48 heavy (non-hydrogen) atoms. The van der Waals surface area contributed by atoms with Crippen molar-refractivity contribution in [3.05, 3.63) is 119 Å². The normalized spacial score (nSPS) is 15.9. The molecule has 0 aromatic heterocycles. The number of hydrogen-bond donors (Lipinski definition) is 0. The summed E-state index contributed by atoms with van der Waals surface area (Å²) in [5, 5.41) is 0. The molecule has 0 saturated heterocycles. The molecular formula is C44H46BN3. The van der Waals surface area contributed by atoms with Crippen molar-refractivity contribution >= 4 is 62.9 Å². The monoisotopic (exact) mass is 627 g/mol. The minimum atomic E-state index is 0.236. The number of rotatable bonds is 5. The Morgan fingerprint density at radius 2 is 1.00 bits per heavy atom. The van der Waals surface area contributed by atoms with Gasteiger partial charge in [-0.15, -0.1) is 0 Å². The van der Waals surface area contributed by atoms with Crippen molar-refractivity contribution in [3.63, 3.8) is 0 Å². The molecule has 4 aliphatic rings. The minimum absolute atomic E-state index is 0.236. The molecule has 0 unspecified atom stereocenters. The highest BCUT2D eigenvalue weighted by molar-refractivity contribution is 7.00. The third-order valence-electron chi connectivity index (χ3n) is 11.5. The number of hydrogen-bond acceptors (Lipinski definition) is 3. The van der Waals surface area contributed by atoms with Gasteiger partial charge >= 0.3 is 0 Å². The average molecular weight is 628 g/mol. The van der Waals surface area contributed by atoms with Crippen LogP contribution in [0.5, 0.6) is 0 Å². The maximum Gasteiger partial charge on any atom is 0.252 e. The molecule has 0 N–H and O–H groups in total. The summed E-state index contributed by atoms with van der Waals surface area (Å²) in [7, 11) is 0. The highest BCUT2D eigenvalue weighted by Gasteiger charge is 2.45. The SMILES string of the molecule is CC(C)c1ccc2c3c1CCCCN3c1cc(N(c3ccccc3)c3ccccc3)cc3c1B2c1ccc(C(C)C)c2c1N3CCCC2. The highest BCUT2D eigenvalue weighted by atomic mass is 15.2. The molecule has 0 radical (unpaired) electrons. The van der Waals surface area contributed by atoms with E-state index in [-0.39, 0.29) is 6.71 Å². The summed E-state index contributed by atoms with van der Waals surface area (Å²) in [6, 6.07) is 37.0. The lowest BCUT2D eigenvalue weighted by Gasteiger charge is -2.46. The van der Waals surface area contributed by atoms with E-state index in [0.29, 0.717) is 11.8 Å². The highest BCUT2D eigenvalue weighted by Crippen LogP contribution is 2.48. The summed E-state index contributed by atoms with van der Waals surface area (Å²) in [4.78, 5) is 7.98. The molecule has 0 amide bonds. The first-order valence-corrected chi connectivity index (χ1v) is 18.5. The zero-order chi connectivity index (χ0) is 32.5. The topological polar surface area (TPSA) is 9.72 Å². The van der Waals surface area contributed by atoms with E-state index in [1.807, 2.05) is 0 Å². The van der Waals surface area contributed by atoms with Gasteiger partial charge in [0.15, 0.2) is 0 Å². The van der Waals surface area contributed by atoms with Crippen LogP contribution in [0.1, 0.15) is 87.5 Å². The molecule has 0 saturated carbocycles. The molecule has 0 bridgehead atoms. The zero-order valence-corrected chi connectivity index (χ0v) is 29.0. The Kier molecular flexibility index (Phi) is 7.18. The first-order chi connectivity index (χ1) is 23.5. The Labute approximate surface area is 287 Å². The Morgan fingerprint density at radius 1 is 0.542 bits per heavy atom. The van der Waals surface area contributed by atoms with Crippen LogP contribution >= 0.6 is 0 Å². The summed E-state index contributed by atoms with van der Waals surface area (Å²) in [6.07, 6.45) is 7.22. The van der Waals surface area contributed by atoms with Gasteiger partial charge in [0, 0.05) is 47.2 Å². The van der Waals surface area contributed by atoms with Gasteiger partial charge in [-0.05, 0) is 125 Å². The van der Waals surface area contributed by atoms with E-state index in [0.717, 1.165) is 13.1 Å². The molecule has 3 nitrogen and oxygen atoms in total. The number of nitrogens with zero attached hydrogens (tertiary/aromatic N) is 3. The first kappa shape index (κ1) is 29.7. The molecule has 0 spiro atoms. The molecule has 4 aliphatic heterocycles. The molecule has 0 aliphatic carbocycles. The molecule has 5 aromatic rings. The van der Waals surface area contributed by atoms with Crippen molar-refractivity contribution in [2.45, 2.75) is 78.1 Å². The van der Waals surface area contributed by atoms with E-state index in [2.05, 4.69) is 139 Å². The van der Waals surface area contributed by atoms with E-state index in [1.165, 1.54) is 106 Å². The Balaban J connectivity index is 1.39. The van der Waals surface area contributed by atoms with Crippen molar-refractivity contribution in [2.75, 3.05) is 27.8 Å². The largest absolute Gasteiger partial charge is 0.342 e. The lowest BCUT2D eigenvalue weighted by molar-refractivity contribution is 0.750. The standard InChI is InChI=1S/C44H46BN3/c1-29(2)34-21-23-38-43-36(34)19-11-13-25-46(43)40-27-33(48(31-15-7-5-8-16-31)32-17-9-6-10-18-32)28-41-42(40)45(38)39-24-22-35(30(3)4)37-20-12-14-26-47(41)44(37)39/h5-10,15-18,21-24,27-30H,11-14,19-20,25-26H2,1-4H3. The summed E-state index contributed by atoms with van der Waals surface area (Å²) in [6.45, 7) is 11.9. The molecule has 240 valence electrons. The second-order valence-corrected chi connectivity index (χ2v) is 15.0. The van der Waals surface area contributed by atoms with Crippen LogP contribution in [0.3, 0.4) is 0 Å². The van der Waals surface area contributed by atoms with Crippen LogP contribution < -0.4 is 31.1 Å². The fourth-order valence-electron chi connectivity index (χ4n) is 9.46. The molecular weight excluding hydrogens is 581 g/mol. The van der Waals surface area contributed by atoms with E-state index in [4.69, 9.17) is 0 Å². The quantitative estimate of drug-likeness (QED) is 0.180. The molecule has 9 rings (SSSR count). The van der Waals surface area contributed by atoms with Crippen molar-refractivity contribution in [2.24, 2.45) is 0 Å². The molecule has 0 fully saturated rings. The van der Waals surface area contributed by atoms with Crippen LogP contribution in [-0.2, 0) is 12.8 Å². The van der Waals surface area contributed by atoms with Gasteiger partial charge in [0.2, 0.25) is 0 Å². The number of benzene rings is 5. The fraction of sp³-hybridized carbons (Fsp3) is 0.318. The Morgan fingerprint density at radius 3 is 1.44 bits per heavy atom. The van der Waals surface area contributed by atoms with Gasteiger partial charge < -0.3 is 14.7 Å². The smallest absolute Gasteiger partial charge is 0.252 e. The van der Waals surface area contributed by atoms with Gasteiger partial charge in [0.05, 0.1) is 5.69 Å². The number of fused-ring (bicyclic) bond motifs is 4. The van der Waals surface area contributed by atoms with Crippen molar-refractivity contribution in [3.8, 4) is 0 Å². The van der Waals surface area contributed by atoms with Gasteiger partial charge in [-0.25, -0.2) is 0 Å². The van der Waals surface area contributed by atoms with Gasteiger partial charge in [-0.2, -0.15) is 0 Å². The predicted molar refractivity (Wildman–Crippen MR) is 207 cm³/mol. The van der Waals surface area contributed by atoms with E-state index in [1.54, 1.807) is 11.1 Å². The van der Waals surface area contributed by atoms with Crippen LogP contribution in [0.15, 0.2) is 97.1 Å². The van der Waals surface area contributed by atoms with E-state index >= 15 is 0 Å². The maximum absolute atomic E-state index is 2.75. The third-order valence-corrected chi connectivity index (χ3v) is 11.5. The maximum atomic E-state index is 2.75. The van der Waals surface area contributed by atoms with Gasteiger partial charge in [0.25, 0.3) is 6.71 Å². The minimum Gasteiger partial charge on any atom is -0.342 e. The predicted octanol–water partition coefficient (Wildman–Crippen LogP) is 9.49. The van der Waals surface area contributed by atoms with Gasteiger partial charge in [0.1, 0.15) is 0 Å². The molecule has 0 atom stereocenters. The lowest BCUT2D eigenvalue weighted by Crippen LogP contribution is -2.62. The summed E-state index contributed by atoms with van der Waals surface area (Å²) >= 11 is 0. The van der Waals surface area contributed by atoms with Crippen LogP contribution in [0.25, 0.3) is 0 Å². The lowest BCUT2D eigenvalue weighted by atomic mass is 9.33. The van der Waals surface area contributed by atoms with E-state index < -0.39 is 0 Å². The molecule has 4 heteroatoms. The number of anilines is 7. The summed E-state index contributed by atoms with van der Waals surface area (Å²) in [5.41, 5.74) is 20.2. The fourth-order valence-corrected chi connectivity index (χ4v) is 9.46. The summed E-state index contributed by atoms with van der Waals surface area (Å²) in [5.74, 6) is 1.01. The Hall–Kier alpha value is -4.44. The van der Waals surface area contributed by atoms with Crippen LogP contribution in [0.2, 0.25) is 0 Å². The first-order valence-electron chi connectivity index (χ1n) is 18.5. The van der Waals surface area contributed by atoms with Crippen molar-refractivity contribution < 1.29 is 0 Å². The van der Waals surface area contributed by atoms with E-state index in [9.17, 15) is 0 Å². The number of para-hydroxylation sites is 2. The second kappa shape index (κ2) is 11.6. The van der Waals surface area contributed by atoms with Gasteiger partial charge in [-0.1, -0.05) is 88.4 Å². The van der Waals surface area contributed by atoms with Gasteiger partial charge in [-0.3, -0.25) is 0 Å².